The minimum absolute atomic E-state index is 0.382. The molecule has 4 heterocycles. The van der Waals surface area contributed by atoms with E-state index >= 15 is 0 Å². The molecule has 5 aromatic rings. The third kappa shape index (κ3) is 4.22. The molecule has 1 aromatic carbocycles. The van der Waals surface area contributed by atoms with E-state index in [1.165, 1.54) is 13.2 Å². The van der Waals surface area contributed by atoms with E-state index < -0.39 is 11.5 Å². The maximum atomic E-state index is 11.5. The molecule has 0 saturated carbocycles. The number of hydrogen-bond acceptors (Lipinski definition) is 7. The van der Waals surface area contributed by atoms with E-state index in [-0.39, 0.29) is 0 Å². The Balaban J connectivity index is 1.79. The Morgan fingerprint density at radius 3 is 2.51 bits per heavy atom. The number of carbonyl (C=O) groups is 1. The molecule has 1 amide bonds. The summed E-state index contributed by atoms with van der Waals surface area (Å²) in [5.41, 5.74) is 5.11. The minimum Gasteiger partial charge on any atom is -0.465 e. The SMILES string of the molecule is CN(C(=O)O)c1cncc(-c2ccc3ncc4c(c3c2)n(-c2ccc(C(C)(C)C#N)nc2)c(=NC#N)n4C)c1. The Hall–Kier alpha value is -5.55. The van der Waals surface area contributed by atoms with Crippen molar-refractivity contribution in [2.45, 2.75) is 19.3 Å². The second-order valence-electron chi connectivity index (χ2n) is 9.54. The lowest BCUT2D eigenvalue weighted by atomic mass is 9.91. The van der Waals surface area contributed by atoms with Crippen molar-refractivity contribution in [2.24, 2.45) is 12.0 Å². The summed E-state index contributed by atoms with van der Waals surface area (Å²) in [5, 5.41) is 29.2. The molecule has 5 rings (SSSR count). The predicted octanol–water partition coefficient (Wildman–Crippen LogP) is 4.27. The van der Waals surface area contributed by atoms with E-state index in [9.17, 15) is 20.4 Å². The summed E-state index contributed by atoms with van der Waals surface area (Å²) in [4.78, 5) is 30.1. The molecule has 0 bridgehead atoms. The zero-order valence-corrected chi connectivity index (χ0v) is 21.7. The number of benzene rings is 1. The summed E-state index contributed by atoms with van der Waals surface area (Å²) >= 11 is 0. The van der Waals surface area contributed by atoms with E-state index in [0.717, 1.165) is 38.0 Å². The number of pyridine rings is 3. The van der Waals surface area contributed by atoms with Gasteiger partial charge in [0.1, 0.15) is 0 Å². The van der Waals surface area contributed by atoms with E-state index in [0.29, 0.717) is 22.7 Å². The summed E-state index contributed by atoms with van der Waals surface area (Å²) in [7, 11) is 3.27. The van der Waals surface area contributed by atoms with Gasteiger partial charge in [-0.25, -0.2) is 4.79 Å². The first-order chi connectivity index (χ1) is 18.7. The van der Waals surface area contributed by atoms with Crippen LogP contribution < -0.4 is 10.5 Å². The monoisotopic (exact) mass is 517 g/mol. The molecular weight excluding hydrogens is 494 g/mol. The summed E-state index contributed by atoms with van der Waals surface area (Å²) < 4.78 is 3.63. The van der Waals surface area contributed by atoms with Gasteiger partial charge in [-0.1, -0.05) is 6.07 Å². The van der Waals surface area contributed by atoms with Crippen LogP contribution in [0.25, 0.3) is 38.8 Å². The molecule has 39 heavy (non-hydrogen) atoms. The van der Waals surface area contributed by atoms with Crippen LogP contribution in [0.2, 0.25) is 0 Å². The van der Waals surface area contributed by atoms with E-state index in [2.05, 4.69) is 26.0 Å². The highest BCUT2D eigenvalue weighted by Gasteiger charge is 2.22. The Morgan fingerprint density at radius 2 is 1.85 bits per heavy atom. The van der Waals surface area contributed by atoms with Crippen molar-refractivity contribution < 1.29 is 9.90 Å². The van der Waals surface area contributed by atoms with Gasteiger partial charge in [0.15, 0.2) is 0 Å². The fourth-order valence-corrected chi connectivity index (χ4v) is 4.42. The van der Waals surface area contributed by atoms with Crippen LogP contribution in [0.1, 0.15) is 19.5 Å². The van der Waals surface area contributed by atoms with Crippen LogP contribution in [0.15, 0.2) is 66.2 Å². The molecule has 0 spiro atoms. The lowest BCUT2D eigenvalue weighted by molar-refractivity contribution is 0.203. The fourth-order valence-electron chi connectivity index (χ4n) is 4.42. The van der Waals surface area contributed by atoms with Crippen molar-refractivity contribution in [3.8, 4) is 29.1 Å². The third-order valence-electron chi connectivity index (χ3n) is 6.71. The number of anilines is 1. The van der Waals surface area contributed by atoms with Crippen molar-refractivity contribution in [1.82, 2.24) is 24.1 Å². The zero-order chi connectivity index (χ0) is 27.9. The molecule has 0 aliphatic rings. The molecule has 0 aliphatic heterocycles. The summed E-state index contributed by atoms with van der Waals surface area (Å²) in [6, 6.07) is 13.4. The molecule has 1 N–H and O–H groups in total. The highest BCUT2D eigenvalue weighted by Crippen LogP contribution is 2.31. The van der Waals surface area contributed by atoms with Gasteiger partial charge in [0.05, 0.1) is 63.7 Å². The average molecular weight is 518 g/mol. The van der Waals surface area contributed by atoms with Crippen LogP contribution in [-0.4, -0.2) is 42.3 Å². The number of imidazole rings is 1. The van der Waals surface area contributed by atoms with Crippen molar-refractivity contribution in [3.63, 3.8) is 0 Å². The zero-order valence-electron chi connectivity index (χ0n) is 21.7. The van der Waals surface area contributed by atoms with Crippen molar-refractivity contribution >= 4 is 33.7 Å². The summed E-state index contributed by atoms with van der Waals surface area (Å²) in [5.74, 6) is 0. The first-order valence-electron chi connectivity index (χ1n) is 11.9. The quantitative estimate of drug-likeness (QED) is 0.350. The molecule has 4 aromatic heterocycles. The summed E-state index contributed by atoms with van der Waals surface area (Å²) in [6.07, 6.45) is 7.36. The molecule has 11 heteroatoms. The largest absolute Gasteiger partial charge is 0.465 e. The second-order valence-corrected chi connectivity index (χ2v) is 9.54. The Kier molecular flexibility index (Phi) is 6.05. The van der Waals surface area contributed by atoms with Gasteiger partial charge in [-0.15, -0.1) is 4.99 Å². The fraction of sp³-hybridized carbons (Fsp3) is 0.179. The molecule has 0 atom stereocenters. The van der Waals surface area contributed by atoms with Gasteiger partial charge in [-0.05, 0) is 49.7 Å². The first kappa shape index (κ1) is 25.1. The molecule has 0 fully saturated rings. The molecule has 11 nitrogen and oxygen atoms in total. The standard InChI is InChI=1S/C28H23N9O2/c1-28(2,15-29)24-8-6-19(13-33-24)37-25-21-10-17(18-9-20(12-31-11-18)35(3)27(38)39)5-7-22(21)32-14-23(25)36(4)26(37)34-16-30/h5-14H,1-4H3,(H,38,39). The number of aryl methyl sites for hydroxylation is 1. The number of hydrogen-bond donors (Lipinski definition) is 1. The van der Waals surface area contributed by atoms with E-state index in [1.807, 2.05) is 42.1 Å². The summed E-state index contributed by atoms with van der Waals surface area (Å²) in [6.45, 7) is 3.60. The van der Waals surface area contributed by atoms with Gasteiger partial charge in [0, 0.05) is 31.2 Å². The molecule has 0 saturated heterocycles. The number of amides is 1. The minimum atomic E-state index is -1.09. The highest BCUT2D eigenvalue weighted by molar-refractivity contribution is 6.04. The molecule has 0 radical (unpaired) electrons. The Morgan fingerprint density at radius 1 is 1.05 bits per heavy atom. The van der Waals surface area contributed by atoms with E-state index in [4.69, 9.17) is 0 Å². The average Bonchev–Trinajstić information content (AvgIpc) is 3.24. The number of fused-ring (bicyclic) bond motifs is 3. The van der Waals surface area contributed by atoms with Crippen LogP contribution in [-0.2, 0) is 12.5 Å². The molecule has 0 unspecified atom stereocenters. The predicted molar refractivity (Wildman–Crippen MR) is 145 cm³/mol. The second kappa shape index (κ2) is 9.39. The van der Waals surface area contributed by atoms with Gasteiger partial charge in [-0.3, -0.25) is 24.4 Å². The van der Waals surface area contributed by atoms with E-state index in [1.54, 1.807) is 49.1 Å². The number of aromatic nitrogens is 5. The van der Waals surface area contributed by atoms with Gasteiger partial charge in [0.25, 0.3) is 0 Å². The van der Waals surface area contributed by atoms with Gasteiger partial charge in [-0.2, -0.15) is 10.5 Å². The third-order valence-corrected chi connectivity index (χ3v) is 6.71. The van der Waals surface area contributed by atoms with Crippen LogP contribution in [0.5, 0.6) is 0 Å². The van der Waals surface area contributed by atoms with Crippen LogP contribution in [0.3, 0.4) is 0 Å². The Bertz CT molecular complexity index is 1920. The maximum Gasteiger partial charge on any atom is 0.411 e. The lowest BCUT2D eigenvalue weighted by Crippen LogP contribution is -2.23. The molecule has 192 valence electrons. The van der Waals surface area contributed by atoms with Crippen molar-refractivity contribution in [3.05, 3.63) is 72.5 Å². The topological polar surface area (TPSA) is 149 Å². The molecule has 0 aliphatic carbocycles. The highest BCUT2D eigenvalue weighted by atomic mass is 16.4. The Labute approximate surface area is 223 Å². The van der Waals surface area contributed by atoms with Gasteiger partial charge < -0.3 is 9.67 Å². The number of nitrogens with zero attached hydrogens (tertiary/aromatic N) is 9. The van der Waals surface area contributed by atoms with Gasteiger partial charge in [0.2, 0.25) is 11.8 Å². The number of rotatable bonds is 4. The number of carboxylic acid groups (broad SMARTS) is 1. The molecular formula is C28H23N9O2. The smallest absolute Gasteiger partial charge is 0.411 e. The van der Waals surface area contributed by atoms with Crippen LogP contribution in [0, 0.1) is 22.8 Å². The first-order valence-corrected chi connectivity index (χ1v) is 11.9. The number of nitriles is 2. The normalized spacial score (nSPS) is 11.9. The van der Waals surface area contributed by atoms with Crippen LogP contribution in [0.4, 0.5) is 10.5 Å². The maximum absolute atomic E-state index is 11.5. The van der Waals surface area contributed by atoms with Crippen molar-refractivity contribution in [2.75, 3.05) is 11.9 Å². The van der Waals surface area contributed by atoms with Crippen molar-refractivity contribution in [1.29, 1.82) is 10.5 Å². The van der Waals surface area contributed by atoms with Gasteiger partial charge >= 0.3 is 6.09 Å². The lowest BCUT2D eigenvalue weighted by Gasteiger charge is -2.15. The van der Waals surface area contributed by atoms with Crippen LogP contribution >= 0.6 is 0 Å².